The molecule has 0 aliphatic carbocycles. The monoisotopic (exact) mass is 287 g/mol. The molecule has 0 aliphatic rings. The lowest BCUT2D eigenvalue weighted by molar-refractivity contribution is 0.132. The molecule has 0 aromatic heterocycles. The van der Waals surface area contributed by atoms with Gasteiger partial charge in [-0.15, -0.1) is 12.4 Å². The van der Waals surface area contributed by atoms with Gasteiger partial charge in [-0.25, -0.2) is 0 Å². The van der Waals surface area contributed by atoms with Gasteiger partial charge in [-0.05, 0) is 38.0 Å². The maximum Gasteiger partial charge on any atom is 0.119 e. The molecule has 0 saturated heterocycles. The molecular formula is C15H26ClNO2. The van der Waals surface area contributed by atoms with Crippen LogP contribution in [0.5, 0.6) is 5.75 Å². The van der Waals surface area contributed by atoms with Crippen LogP contribution >= 0.6 is 12.4 Å². The molecule has 0 amide bonds. The van der Waals surface area contributed by atoms with Crippen molar-refractivity contribution in [3.05, 3.63) is 29.8 Å². The first-order chi connectivity index (χ1) is 8.54. The van der Waals surface area contributed by atoms with Crippen molar-refractivity contribution < 1.29 is 9.84 Å². The van der Waals surface area contributed by atoms with Crippen molar-refractivity contribution in [1.29, 1.82) is 0 Å². The Kier molecular flexibility index (Phi) is 8.81. The second-order valence-electron chi connectivity index (χ2n) is 4.97. The molecule has 3 nitrogen and oxygen atoms in total. The molecule has 0 aliphatic heterocycles. The van der Waals surface area contributed by atoms with Gasteiger partial charge in [0.1, 0.15) is 5.75 Å². The van der Waals surface area contributed by atoms with Gasteiger partial charge in [0.25, 0.3) is 0 Å². The summed E-state index contributed by atoms with van der Waals surface area (Å²) in [5.41, 5.74) is 6.99. The second-order valence-corrected chi connectivity index (χ2v) is 4.97. The molecule has 19 heavy (non-hydrogen) atoms. The third kappa shape index (κ3) is 6.28. The van der Waals surface area contributed by atoms with E-state index in [-0.39, 0.29) is 24.6 Å². The third-order valence-corrected chi connectivity index (χ3v) is 2.90. The second kappa shape index (κ2) is 9.18. The van der Waals surface area contributed by atoms with E-state index in [0.717, 1.165) is 30.6 Å². The van der Waals surface area contributed by atoms with Crippen LogP contribution in [0, 0.1) is 0 Å². The van der Waals surface area contributed by atoms with Crippen molar-refractivity contribution in [3.63, 3.8) is 0 Å². The minimum atomic E-state index is -0.471. The summed E-state index contributed by atoms with van der Waals surface area (Å²) in [5, 5.41) is 9.96. The van der Waals surface area contributed by atoms with E-state index in [1.165, 1.54) is 0 Å². The van der Waals surface area contributed by atoms with Crippen LogP contribution in [-0.2, 0) is 0 Å². The lowest BCUT2D eigenvalue weighted by atomic mass is 9.98. The van der Waals surface area contributed by atoms with Crippen LogP contribution in [0.1, 0.15) is 51.6 Å². The SMILES string of the molecule is CCCC[C@H](O)[C@H](N)c1ccc(OC(C)C)cc1.Cl. The number of nitrogens with two attached hydrogens (primary N) is 1. The lowest BCUT2D eigenvalue weighted by Crippen LogP contribution is -2.26. The van der Waals surface area contributed by atoms with Crippen molar-refractivity contribution in [3.8, 4) is 5.75 Å². The molecule has 110 valence electrons. The van der Waals surface area contributed by atoms with Gasteiger partial charge in [0, 0.05) is 0 Å². The maximum atomic E-state index is 9.96. The average molecular weight is 288 g/mol. The molecule has 2 atom stereocenters. The van der Waals surface area contributed by atoms with Gasteiger partial charge in [-0.1, -0.05) is 31.9 Å². The van der Waals surface area contributed by atoms with E-state index in [4.69, 9.17) is 10.5 Å². The third-order valence-electron chi connectivity index (χ3n) is 2.90. The molecule has 0 unspecified atom stereocenters. The first kappa shape index (κ1) is 18.2. The molecule has 0 radical (unpaired) electrons. The van der Waals surface area contributed by atoms with Gasteiger partial charge in [0.2, 0.25) is 0 Å². The fraction of sp³-hybridized carbons (Fsp3) is 0.600. The molecule has 0 fully saturated rings. The number of benzene rings is 1. The summed E-state index contributed by atoms with van der Waals surface area (Å²) in [6.45, 7) is 6.10. The average Bonchev–Trinajstić information content (AvgIpc) is 2.35. The summed E-state index contributed by atoms with van der Waals surface area (Å²) >= 11 is 0. The Hall–Kier alpha value is -0.770. The van der Waals surface area contributed by atoms with Gasteiger partial charge >= 0.3 is 0 Å². The number of hydrogen-bond donors (Lipinski definition) is 2. The highest BCUT2D eigenvalue weighted by Gasteiger charge is 2.16. The van der Waals surface area contributed by atoms with E-state index >= 15 is 0 Å². The number of hydrogen-bond acceptors (Lipinski definition) is 3. The van der Waals surface area contributed by atoms with Crippen LogP contribution in [-0.4, -0.2) is 17.3 Å². The normalized spacial score (nSPS) is 13.8. The van der Waals surface area contributed by atoms with E-state index in [1.807, 2.05) is 38.1 Å². The predicted octanol–water partition coefficient (Wildman–Crippen LogP) is 3.45. The molecule has 1 rings (SSSR count). The number of aliphatic hydroxyl groups excluding tert-OH is 1. The Morgan fingerprint density at radius 3 is 2.26 bits per heavy atom. The molecule has 0 bridgehead atoms. The molecule has 4 heteroatoms. The first-order valence-electron chi connectivity index (χ1n) is 6.74. The van der Waals surface area contributed by atoms with Crippen LogP contribution in [0.3, 0.4) is 0 Å². The molecule has 0 heterocycles. The lowest BCUT2D eigenvalue weighted by Gasteiger charge is -2.19. The number of ether oxygens (including phenoxy) is 1. The van der Waals surface area contributed by atoms with Crippen LogP contribution < -0.4 is 10.5 Å². The zero-order chi connectivity index (χ0) is 13.5. The van der Waals surface area contributed by atoms with E-state index in [9.17, 15) is 5.11 Å². The van der Waals surface area contributed by atoms with Gasteiger partial charge < -0.3 is 15.6 Å². The van der Waals surface area contributed by atoms with Crippen LogP contribution in [0.4, 0.5) is 0 Å². The van der Waals surface area contributed by atoms with Crippen molar-refractivity contribution >= 4 is 12.4 Å². The largest absolute Gasteiger partial charge is 0.491 e. The molecule has 1 aromatic rings. The Balaban J connectivity index is 0.00000324. The van der Waals surface area contributed by atoms with Crippen molar-refractivity contribution in [2.75, 3.05) is 0 Å². The number of halogens is 1. The number of aliphatic hydroxyl groups is 1. The Morgan fingerprint density at radius 1 is 1.21 bits per heavy atom. The highest BCUT2D eigenvalue weighted by Crippen LogP contribution is 2.21. The minimum Gasteiger partial charge on any atom is -0.491 e. The highest BCUT2D eigenvalue weighted by molar-refractivity contribution is 5.85. The van der Waals surface area contributed by atoms with Gasteiger partial charge in [-0.3, -0.25) is 0 Å². The zero-order valence-electron chi connectivity index (χ0n) is 12.0. The van der Waals surface area contributed by atoms with Crippen LogP contribution in [0.25, 0.3) is 0 Å². The Bertz CT molecular complexity index is 341. The maximum absolute atomic E-state index is 9.96. The van der Waals surface area contributed by atoms with Crippen molar-refractivity contribution in [2.24, 2.45) is 5.73 Å². The van der Waals surface area contributed by atoms with Crippen molar-refractivity contribution in [1.82, 2.24) is 0 Å². The van der Waals surface area contributed by atoms with E-state index in [0.29, 0.717) is 0 Å². The summed E-state index contributed by atoms with van der Waals surface area (Å²) in [6.07, 6.45) is 2.53. The van der Waals surface area contributed by atoms with Crippen molar-refractivity contribution in [2.45, 2.75) is 58.3 Å². The summed E-state index contributed by atoms with van der Waals surface area (Å²) in [6, 6.07) is 7.35. The molecule has 1 aromatic carbocycles. The number of unbranched alkanes of at least 4 members (excludes halogenated alkanes) is 1. The van der Waals surface area contributed by atoms with Gasteiger partial charge in [0.15, 0.2) is 0 Å². The highest BCUT2D eigenvalue weighted by atomic mass is 35.5. The predicted molar refractivity (Wildman–Crippen MR) is 81.9 cm³/mol. The van der Waals surface area contributed by atoms with E-state index in [2.05, 4.69) is 6.92 Å². The summed E-state index contributed by atoms with van der Waals surface area (Å²) in [4.78, 5) is 0. The topological polar surface area (TPSA) is 55.5 Å². The Labute approximate surface area is 122 Å². The van der Waals surface area contributed by atoms with E-state index < -0.39 is 6.10 Å². The molecular weight excluding hydrogens is 262 g/mol. The quantitative estimate of drug-likeness (QED) is 0.808. The summed E-state index contributed by atoms with van der Waals surface area (Å²) in [7, 11) is 0. The zero-order valence-corrected chi connectivity index (χ0v) is 12.8. The Morgan fingerprint density at radius 2 is 1.79 bits per heavy atom. The minimum absolute atomic E-state index is 0. The van der Waals surface area contributed by atoms with E-state index in [1.54, 1.807) is 0 Å². The number of rotatable bonds is 7. The standard InChI is InChI=1S/C15H25NO2.ClH/c1-4-5-6-14(17)15(16)12-7-9-13(10-8-12)18-11(2)3;/h7-11,14-15,17H,4-6,16H2,1-3H3;1H/t14-,15+;/m0./s1. The smallest absolute Gasteiger partial charge is 0.119 e. The molecule has 3 N–H and O–H groups in total. The van der Waals surface area contributed by atoms with Gasteiger partial charge in [0.05, 0.1) is 18.2 Å². The fourth-order valence-electron chi connectivity index (χ4n) is 1.86. The fourth-order valence-corrected chi connectivity index (χ4v) is 1.86. The molecule has 0 saturated carbocycles. The van der Waals surface area contributed by atoms with Crippen LogP contribution in [0.15, 0.2) is 24.3 Å². The van der Waals surface area contributed by atoms with Gasteiger partial charge in [-0.2, -0.15) is 0 Å². The first-order valence-corrected chi connectivity index (χ1v) is 6.74. The summed E-state index contributed by atoms with van der Waals surface area (Å²) in [5.74, 6) is 0.837. The summed E-state index contributed by atoms with van der Waals surface area (Å²) < 4.78 is 5.57. The molecule has 0 spiro atoms. The van der Waals surface area contributed by atoms with Crippen LogP contribution in [0.2, 0.25) is 0 Å².